The zero-order valence-corrected chi connectivity index (χ0v) is 8.13. The number of aromatic nitrogens is 2. The van der Waals surface area contributed by atoms with Gasteiger partial charge < -0.3 is 5.32 Å². The molecule has 0 fully saturated rings. The maximum Gasteiger partial charge on any atom is 0.217 e. The third kappa shape index (κ3) is 2.96. The number of hydrogen-bond donors (Lipinski definition) is 1. The Morgan fingerprint density at radius 3 is 2.83 bits per heavy atom. The predicted octanol–water partition coefficient (Wildman–Crippen LogP) is 0.875. The second-order valence-electron chi connectivity index (χ2n) is 2.24. The Morgan fingerprint density at radius 1 is 1.58 bits per heavy atom. The summed E-state index contributed by atoms with van der Waals surface area (Å²) in [5.74, 6) is -0.0697. The number of nitrogens with one attached hydrogen (secondary N) is 1. The first-order valence-electron chi connectivity index (χ1n) is 3.39. The number of nitrogens with zero attached hydrogens (tertiary/aromatic N) is 2. The molecule has 1 rings (SSSR count). The molecule has 5 heteroatoms. The highest BCUT2D eigenvalue weighted by Crippen LogP contribution is 2.01. The van der Waals surface area contributed by atoms with E-state index in [9.17, 15) is 4.79 Å². The lowest BCUT2D eigenvalue weighted by atomic mass is 10.4. The zero-order chi connectivity index (χ0) is 8.97. The van der Waals surface area contributed by atoms with Gasteiger partial charge in [-0.05, 0) is 15.9 Å². The second kappa shape index (κ2) is 4.15. The molecule has 0 aliphatic carbocycles. The minimum Gasteiger partial charge on any atom is -0.351 e. The minimum atomic E-state index is -0.0697. The molecule has 0 spiro atoms. The number of carbonyl (C=O) groups excluding carboxylic acids is 1. The van der Waals surface area contributed by atoms with Crippen LogP contribution in [0, 0.1) is 0 Å². The highest BCUT2D eigenvalue weighted by Gasteiger charge is 1.95. The first kappa shape index (κ1) is 9.12. The van der Waals surface area contributed by atoms with Crippen LogP contribution in [0.4, 0.5) is 0 Å². The SMILES string of the molecule is CC(=O)NCc1cnc(Br)cn1. The average molecular weight is 230 g/mol. The summed E-state index contributed by atoms with van der Waals surface area (Å²) in [6.07, 6.45) is 3.21. The molecule has 1 aromatic heterocycles. The van der Waals surface area contributed by atoms with E-state index in [2.05, 4.69) is 31.2 Å². The Morgan fingerprint density at radius 2 is 2.33 bits per heavy atom. The number of halogens is 1. The third-order valence-corrected chi connectivity index (χ3v) is 1.60. The van der Waals surface area contributed by atoms with Crippen LogP contribution in [0.1, 0.15) is 12.6 Å². The molecule has 0 unspecified atom stereocenters. The van der Waals surface area contributed by atoms with Gasteiger partial charge in [0.2, 0.25) is 5.91 Å². The van der Waals surface area contributed by atoms with Gasteiger partial charge in [0.15, 0.2) is 0 Å². The largest absolute Gasteiger partial charge is 0.351 e. The third-order valence-electron chi connectivity index (χ3n) is 1.19. The fourth-order valence-corrected chi connectivity index (χ4v) is 0.850. The van der Waals surface area contributed by atoms with E-state index in [0.29, 0.717) is 11.1 Å². The maximum absolute atomic E-state index is 10.5. The van der Waals surface area contributed by atoms with Gasteiger partial charge in [-0.3, -0.25) is 9.78 Å². The summed E-state index contributed by atoms with van der Waals surface area (Å²) in [4.78, 5) is 18.5. The van der Waals surface area contributed by atoms with Gasteiger partial charge in [-0.25, -0.2) is 4.98 Å². The first-order valence-corrected chi connectivity index (χ1v) is 4.18. The standard InChI is InChI=1S/C7H8BrN3O/c1-5(12)9-2-6-3-11-7(8)4-10-6/h3-4H,2H2,1H3,(H,9,12). The minimum absolute atomic E-state index is 0.0697. The molecule has 64 valence electrons. The highest BCUT2D eigenvalue weighted by atomic mass is 79.9. The molecule has 0 aliphatic heterocycles. The van der Waals surface area contributed by atoms with Crippen molar-refractivity contribution in [3.8, 4) is 0 Å². The molecule has 1 aromatic rings. The van der Waals surface area contributed by atoms with Gasteiger partial charge in [0.1, 0.15) is 4.60 Å². The fraction of sp³-hybridized carbons (Fsp3) is 0.286. The summed E-state index contributed by atoms with van der Waals surface area (Å²) < 4.78 is 0.689. The van der Waals surface area contributed by atoms with E-state index in [4.69, 9.17) is 0 Å². The van der Waals surface area contributed by atoms with E-state index in [0.717, 1.165) is 5.69 Å². The van der Waals surface area contributed by atoms with E-state index < -0.39 is 0 Å². The number of rotatable bonds is 2. The van der Waals surface area contributed by atoms with E-state index >= 15 is 0 Å². The van der Waals surface area contributed by atoms with Gasteiger partial charge in [-0.2, -0.15) is 0 Å². The van der Waals surface area contributed by atoms with E-state index in [1.165, 1.54) is 6.92 Å². The van der Waals surface area contributed by atoms with E-state index in [-0.39, 0.29) is 5.91 Å². The van der Waals surface area contributed by atoms with Crippen molar-refractivity contribution in [2.75, 3.05) is 0 Å². The van der Waals surface area contributed by atoms with Crippen molar-refractivity contribution >= 4 is 21.8 Å². The van der Waals surface area contributed by atoms with Crippen LogP contribution in [0.25, 0.3) is 0 Å². The molecular weight excluding hydrogens is 222 g/mol. The van der Waals surface area contributed by atoms with Crippen molar-refractivity contribution < 1.29 is 4.79 Å². The monoisotopic (exact) mass is 229 g/mol. The van der Waals surface area contributed by atoms with Gasteiger partial charge in [0.25, 0.3) is 0 Å². The Labute approximate surface area is 78.5 Å². The van der Waals surface area contributed by atoms with Crippen LogP contribution in [0.15, 0.2) is 17.0 Å². The van der Waals surface area contributed by atoms with Crippen molar-refractivity contribution in [1.29, 1.82) is 0 Å². The molecular formula is C7H8BrN3O. The Kier molecular flexibility index (Phi) is 3.16. The summed E-state index contributed by atoms with van der Waals surface area (Å²) in [5, 5.41) is 2.62. The van der Waals surface area contributed by atoms with Gasteiger partial charge in [0.05, 0.1) is 24.6 Å². The lowest BCUT2D eigenvalue weighted by Crippen LogP contribution is -2.19. The predicted molar refractivity (Wildman–Crippen MR) is 47.3 cm³/mol. The van der Waals surface area contributed by atoms with Crippen LogP contribution >= 0.6 is 15.9 Å². The molecule has 0 atom stereocenters. The molecule has 1 heterocycles. The Balaban J connectivity index is 2.53. The summed E-state index contributed by atoms with van der Waals surface area (Å²) in [7, 11) is 0. The molecule has 0 saturated heterocycles. The van der Waals surface area contributed by atoms with Crippen LogP contribution in [0.2, 0.25) is 0 Å². The summed E-state index contributed by atoms with van der Waals surface area (Å²) in [5.41, 5.74) is 0.744. The van der Waals surface area contributed by atoms with Crippen molar-refractivity contribution in [3.63, 3.8) is 0 Å². The van der Waals surface area contributed by atoms with Crippen molar-refractivity contribution in [1.82, 2.24) is 15.3 Å². The topological polar surface area (TPSA) is 54.9 Å². The molecule has 0 saturated carbocycles. The number of hydrogen-bond acceptors (Lipinski definition) is 3. The second-order valence-corrected chi connectivity index (χ2v) is 3.05. The lowest BCUT2D eigenvalue weighted by molar-refractivity contribution is -0.119. The molecule has 1 N–H and O–H groups in total. The number of amides is 1. The average Bonchev–Trinajstić information content (AvgIpc) is 2.03. The van der Waals surface area contributed by atoms with Gasteiger partial charge >= 0.3 is 0 Å². The van der Waals surface area contributed by atoms with Crippen molar-refractivity contribution in [2.45, 2.75) is 13.5 Å². The fourth-order valence-electron chi connectivity index (χ4n) is 0.645. The van der Waals surface area contributed by atoms with Crippen LogP contribution in [0.3, 0.4) is 0 Å². The van der Waals surface area contributed by atoms with Gasteiger partial charge in [-0.1, -0.05) is 0 Å². The van der Waals surface area contributed by atoms with Crippen molar-refractivity contribution in [3.05, 3.63) is 22.7 Å². The zero-order valence-electron chi connectivity index (χ0n) is 6.54. The van der Waals surface area contributed by atoms with E-state index in [1.54, 1.807) is 12.4 Å². The molecule has 1 amide bonds. The van der Waals surface area contributed by atoms with E-state index in [1.807, 2.05) is 0 Å². The Hall–Kier alpha value is -0.970. The lowest BCUT2D eigenvalue weighted by Gasteiger charge is -1.99. The molecule has 12 heavy (non-hydrogen) atoms. The van der Waals surface area contributed by atoms with Crippen LogP contribution < -0.4 is 5.32 Å². The van der Waals surface area contributed by atoms with Gasteiger partial charge in [0, 0.05) is 6.92 Å². The first-order chi connectivity index (χ1) is 5.68. The van der Waals surface area contributed by atoms with Crippen LogP contribution in [-0.2, 0) is 11.3 Å². The maximum atomic E-state index is 10.5. The number of carbonyl (C=O) groups is 1. The smallest absolute Gasteiger partial charge is 0.217 e. The molecule has 0 radical (unpaired) electrons. The van der Waals surface area contributed by atoms with Crippen molar-refractivity contribution in [2.24, 2.45) is 0 Å². The highest BCUT2D eigenvalue weighted by molar-refractivity contribution is 9.10. The molecule has 4 nitrogen and oxygen atoms in total. The molecule has 0 aromatic carbocycles. The normalized spacial score (nSPS) is 9.50. The molecule has 0 bridgehead atoms. The quantitative estimate of drug-likeness (QED) is 0.820. The summed E-state index contributed by atoms with van der Waals surface area (Å²) in [6.45, 7) is 1.89. The Bertz CT molecular complexity index is 272. The summed E-state index contributed by atoms with van der Waals surface area (Å²) in [6, 6.07) is 0. The van der Waals surface area contributed by atoms with Gasteiger partial charge in [-0.15, -0.1) is 0 Å². The molecule has 0 aliphatic rings. The van der Waals surface area contributed by atoms with Crippen LogP contribution in [-0.4, -0.2) is 15.9 Å². The van der Waals surface area contributed by atoms with Crippen LogP contribution in [0.5, 0.6) is 0 Å². The summed E-state index contributed by atoms with van der Waals surface area (Å²) >= 11 is 3.16.